The number of carbonyl (C=O) groups is 4. The number of aryl methyl sites for hydroxylation is 2. The average molecular weight is 1190 g/mol. The van der Waals surface area contributed by atoms with Gasteiger partial charge in [-0.1, -0.05) is 129 Å². The maximum atomic E-state index is 13.9. The van der Waals surface area contributed by atoms with E-state index in [-0.39, 0.29) is 80.5 Å². The number of hydrogen-bond donors (Lipinski definition) is 7. The molecule has 0 aliphatic carbocycles. The Morgan fingerprint density at radius 1 is 0.438 bits per heavy atom. The molecule has 89 heavy (non-hydrogen) atoms. The zero-order valence-electron chi connectivity index (χ0n) is 52.0. The zero-order valence-corrected chi connectivity index (χ0v) is 52.0. The van der Waals surface area contributed by atoms with Crippen LogP contribution < -0.4 is 26.0 Å². The van der Waals surface area contributed by atoms with Gasteiger partial charge in [0.2, 0.25) is 11.8 Å². The lowest BCUT2D eigenvalue weighted by Crippen LogP contribution is -2.37. The smallest absolute Gasteiger partial charge is 0.259 e. The lowest BCUT2D eigenvalue weighted by Gasteiger charge is -2.42. The Bertz CT molecular complexity index is 4270. The number of nitrogens with one attached hydrogen (secondary N) is 4. The maximum Gasteiger partial charge on any atom is 0.259 e. The minimum absolute atomic E-state index is 0.0480. The molecule has 7 N–H and O–H groups in total. The summed E-state index contributed by atoms with van der Waals surface area (Å²) in [6.45, 7) is 22.9. The zero-order chi connectivity index (χ0) is 63.7. The van der Waals surface area contributed by atoms with E-state index < -0.39 is 11.8 Å². The molecule has 4 amide bonds. The Labute approximate surface area is 518 Å². The number of carbonyl (C=O) groups excluding carboxylic acids is 4. The number of benzene rings is 9. The summed E-state index contributed by atoms with van der Waals surface area (Å²) in [5.41, 5.74) is 7.82. The first-order chi connectivity index (χ1) is 42.1. The first-order valence-electron chi connectivity index (χ1n) is 29.7. The summed E-state index contributed by atoms with van der Waals surface area (Å²) in [6, 6.07) is 45.7. The number of rotatable bonds is 16. The number of anilines is 4. The Balaban J connectivity index is 0.761. The van der Waals surface area contributed by atoms with Crippen molar-refractivity contribution >= 4 is 90.7 Å². The van der Waals surface area contributed by atoms with Crippen LogP contribution in [-0.2, 0) is 44.3 Å². The number of phenolic OH excluding ortho intramolecular Hbond substituents is 3. The standard InChI is InChI=1S/C73H74N8O8/c1-70(2,3)56-36-42(37-57(66(56)86)71(4,5)6)20-34-60(82)74-46-26-30-50(31-27-46)78-80-62-52-18-14-12-16-44(52)40-54(64(62)84)68(87)76-48-22-24-49(25-23-48)77-69(88)55-41-45-17-13-15-19-53(45)63(65(55)85)81-79-51-32-28-47(29-33-51)75-61(83)35-21-43-38-58(72(7,8)9)67-59(39-43)73(10,11)89-67/h12-19,22-33,36-41,84-86H,20-21,34-35H2,1-11H3,(H,74,82)(H,75,83)(H,76,87)(H,77,88). The Kier molecular flexibility index (Phi) is 17.0. The number of hydrogen-bond acceptors (Lipinski definition) is 12. The SMILES string of the molecule is CC(C)(C)c1cc(CCC(=O)Nc2ccc(N=Nc3c(O)c(C(=O)Nc4ccc(NC(=O)c5cc6ccccc6c(N=Nc6ccc(NC(=O)CCc7cc(C(C)(C)C)c8c(c7)C(C)(C)O8)cc6)c5O)cc4)cc4ccccc34)cc2)cc(C(C)(C)C)c1O. The fraction of sp³-hybridized carbons (Fsp3) is 0.260. The molecule has 0 bridgehead atoms. The van der Waals surface area contributed by atoms with E-state index in [1.54, 1.807) is 121 Å². The van der Waals surface area contributed by atoms with Crippen molar-refractivity contribution in [2.75, 3.05) is 21.3 Å². The third-order valence-corrected chi connectivity index (χ3v) is 15.7. The summed E-state index contributed by atoms with van der Waals surface area (Å²) in [5.74, 6) is -1.08. The van der Waals surface area contributed by atoms with Crippen molar-refractivity contribution in [2.24, 2.45) is 20.5 Å². The van der Waals surface area contributed by atoms with Gasteiger partial charge in [0.1, 0.15) is 28.5 Å². The molecule has 0 saturated carbocycles. The molecule has 10 rings (SSSR count). The average Bonchev–Trinajstić information content (AvgIpc) is 2.24. The number of amides is 4. The van der Waals surface area contributed by atoms with Gasteiger partial charge >= 0.3 is 0 Å². The molecule has 0 saturated heterocycles. The number of aromatic hydroxyl groups is 3. The van der Waals surface area contributed by atoms with Crippen molar-refractivity contribution in [3.05, 3.63) is 202 Å². The third-order valence-electron chi connectivity index (χ3n) is 15.7. The van der Waals surface area contributed by atoms with E-state index in [4.69, 9.17) is 4.74 Å². The number of nitrogens with zero attached hydrogens (tertiary/aromatic N) is 4. The van der Waals surface area contributed by atoms with Gasteiger partial charge in [-0.15, -0.1) is 10.2 Å². The lowest BCUT2D eigenvalue weighted by atomic mass is 9.78. The molecule has 1 aliphatic rings. The van der Waals surface area contributed by atoms with Crippen LogP contribution in [0.1, 0.15) is 143 Å². The van der Waals surface area contributed by atoms with Crippen LogP contribution in [-0.4, -0.2) is 38.9 Å². The Morgan fingerprint density at radius 2 is 0.798 bits per heavy atom. The topological polar surface area (TPSA) is 236 Å². The second-order valence-electron chi connectivity index (χ2n) is 26.2. The predicted octanol–water partition coefficient (Wildman–Crippen LogP) is 18.1. The second kappa shape index (κ2) is 24.5. The predicted molar refractivity (Wildman–Crippen MR) is 353 cm³/mol. The molecule has 0 unspecified atom stereocenters. The van der Waals surface area contributed by atoms with E-state index in [2.05, 4.69) is 130 Å². The molecule has 1 heterocycles. The van der Waals surface area contributed by atoms with Crippen LogP contribution in [0.15, 0.2) is 178 Å². The summed E-state index contributed by atoms with van der Waals surface area (Å²) in [4.78, 5) is 54.1. The first kappa shape index (κ1) is 61.9. The molecular formula is C73H74N8O8. The molecule has 0 atom stereocenters. The minimum atomic E-state index is -0.626. The van der Waals surface area contributed by atoms with E-state index in [0.717, 1.165) is 39.1 Å². The normalized spacial score (nSPS) is 13.0. The summed E-state index contributed by atoms with van der Waals surface area (Å²) in [5, 5.41) is 66.0. The van der Waals surface area contributed by atoms with Crippen molar-refractivity contribution in [1.29, 1.82) is 0 Å². The molecule has 454 valence electrons. The number of fused-ring (bicyclic) bond motifs is 3. The molecule has 0 radical (unpaired) electrons. The summed E-state index contributed by atoms with van der Waals surface area (Å²) in [7, 11) is 0. The van der Waals surface area contributed by atoms with Crippen molar-refractivity contribution in [3.63, 3.8) is 0 Å². The second-order valence-corrected chi connectivity index (χ2v) is 26.2. The van der Waals surface area contributed by atoms with Gasteiger partial charge in [0, 0.05) is 57.5 Å². The van der Waals surface area contributed by atoms with Crippen LogP contribution in [0.5, 0.6) is 23.0 Å². The van der Waals surface area contributed by atoms with Crippen molar-refractivity contribution in [2.45, 2.75) is 124 Å². The van der Waals surface area contributed by atoms with Gasteiger partial charge in [0.15, 0.2) is 11.5 Å². The largest absolute Gasteiger partial charge is 0.507 e. The van der Waals surface area contributed by atoms with Crippen molar-refractivity contribution in [3.8, 4) is 23.0 Å². The van der Waals surface area contributed by atoms with E-state index in [9.17, 15) is 34.5 Å². The van der Waals surface area contributed by atoms with Gasteiger partial charge in [-0.2, -0.15) is 10.2 Å². The molecule has 16 heteroatoms. The van der Waals surface area contributed by atoms with Crippen molar-refractivity contribution < 1.29 is 39.2 Å². The van der Waals surface area contributed by atoms with E-state index in [1.807, 2.05) is 24.3 Å². The van der Waals surface area contributed by atoms with Crippen LogP contribution in [0.25, 0.3) is 21.5 Å². The molecule has 9 aromatic carbocycles. The van der Waals surface area contributed by atoms with Crippen LogP contribution >= 0.6 is 0 Å². The fourth-order valence-corrected chi connectivity index (χ4v) is 10.8. The van der Waals surface area contributed by atoms with E-state index in [1.165, 1.54) is 0 Å². The number of ether oxygens (including phenoxy) is 1. The van der Waals surface area contributed by atoms with Gasteiger partial charge in [0.05, 0.1) is 22.5 Å². The van der Waals surface area contributed by atoms with Crippen LogP contribution in [0, 0.1) is 0 Å². The molecule has 0 fully saturated rings. The van der Waals surface area contributed by atoms with Crippen molar-refractivity contribution in [1.82, 2.24) is 0 Å². The first-order valence-corrected chi connectivity index (χ1v) is 29.7. The summed E-state index contributed by atoms with van der Waals surface area (Å²) < 4.78 is 6.12. The highest BCUT2D eigenvalue weighted by molar-refractivity contribution is 6.13. The van der Waals surface area contributed by atoms with E-state index in [0.29, 0.717) is 74.3 Å². The van der Waals surface area contributed by atoms with E-state index >= 15 is 0 Å². The Hall–Kier alpha value is -10.2. The highest BCUT2D eigenvalue weighted by atomic mass is 16.5. The van der Waals surface area contributed by atoms with Gasteiger partial charge in [-0.05, 0) is 167 Å². The molecular weight excluding hydrogens is 1120 g/mol. The van der Waals surface area contributed by atoms with Crippen LogP contribution in [0.3, 0.4) is 0 Å². The van der Waals surface area contributed by atoms with Crippen LogP contribution in [0.4, 0.5) is 45.5 Å². The number of phenols is 3. The monoisotopic (exact) mass is 1190 g/mol. The molecule has 16 nitrogen and oxygen atoms in total. The highest BCUT2D eigenvalue weighted by Crippen LogP contribution is 2.50. The van der Waals surface area contributed by atoms with Gasteiger partial charge in [0.25, 0.3) is 11.8 Å². The lowest BCUT2D eigenvalue weighted by molar-refractivity contribution is -0.117. The van der Waals surface area contributed by atoms with Crippen LogP contribution in [0.2, 0.25) is 0 Å². The number of azo groups is 2. The summed E-state index contributed by atoms with van der Waals surface area (Å²) in [6.07, 6.45) is 1.58. The molecule has 0 aromatic heterocycles. The maximum absolute atomic E-state index is 13.9. The molecule has 9 aromatic rings. The van der Waals surface area contributed by atoms with Gasteiger partial charge < -0.3 is 41.3 Å². The molecule has 1 aliphatic heterocycles. The Morgan fingerprint density at radius 3 is 1.19 bits per heavy atom. The fourth-order valence-electron chi connectivity index (χ4n) is 10.8. The van der Waals surface area contributed by atoms with Gasteiger partial charge in [-0.25, -0.2) is 0 Å². The van der Waals surface area contributed by atoms with Gasteiger partial charge in [-0.3, -0.25) is 19.2 Å². The quantitative estimate of drug-likeness (QED) is 0.0458. The molecule has 0 spiro atoms. The third kappa shape index (κ3) is 14.0. The highest BCUT2D eigenvalue weighted by Gasteiger charge is 2.41. The summed E-state index contributed by atoms with van der Waals surface area (Å²) >= 11 is 0. The minimum Gasteiger partial charge on any atom is -0.507 e.